The Hall–Kier alpha value is -2.93. The zero-order chi connectivity index (χ0) is 17.4. The minimum absolute atomic E-state index is 0.0106. The van der Waals surface area contributed by atoms with E-state index in [-0.39, 0.29) is 25.3 Å². The number of esters is 1. The third-order valence-electron chi connectivity index (χ3n) is 3.27. The number of non-ortho nitro benzene ring substituents is 1. The average molecular weight is 330 g/mol. The molecular formula is C17H18N2O5. The van der Waals surface area contributed by atoms with Gasteiger partial charge in [0.05, 0.1) is 11.5 Å². The van der Waals surface area contributed by atoms with E-state index in [2.05, 4.69) is 0 Å². The van der Waals surface area contributed by atoms with Gasteiger partial charge in [0.1, 0.15) is 18.4 Å². The second kappa shape index (κ2) is 8.64. The van der Waals surface area contributed by atoms with Gasteiger partial charge >= 0.3 is 5.97 Å². The van der Waals surface area contributed by atoms with Crippen molar-refractivity contribution < 1.29 is 19.2 Å². The molecule has 0 aromatic heterocycles. The molecule has 7 nitrogen and oxygen atoms in total. The zero-order valence-corrected chi connectivity index (χ0v) is 13.0. The average Bonchev–Trinajstić information content (AvgIpc) is 2.61. The molecule has 7 heteroatoms. The van der Waals surface area contributed by atoms with Crippen LogP contribution in [0.1, 0.15) is 12.0 Å². The highest BCUT2D eigenvalue weighted by molar-refractivity contribution is 5.75. The summed E-state index contributed by atoms with van der Waals surface area (Å²) in [6, 6.07) is 14.2. The van der Waals surface area contributed by atoms with Gasteiger partial charge in [-0.3, -0.25) is 14.9 Å². The highest BCUT2D eigenvalue weighted by atomic mass is 16.6. The molecule has 0 amide bonds. The number of nitrogens with zero attached hydrogens (tertiary/aromatic N) is 1. The minimum Gasteiger partial charge on any atom is -0.494 e. The number of hydrogen-bond acceptors (Lipinski definition) is 6. The summed E-state index contributed by atoms with van der Waals surface area (Å²) in [5.74, 6) is -0.0170. The summed E-state index contributed by atoms with van der Waals surface area (Å²) in [7, 11) is 0. The van der Waals surface area contributed by atoms with Crippen molar-refractivity contribution in [1.82, 2.24) is 0 Å². The molecule has 0 aliphatic carbocycles. The summed E-state index contributed by atoms with van der Waals surface area (Å²) >= 11 is 0. The van der Waals surface area contributed by atoms with Crippen LogP contribution in [-0.2, 0) is 16.1 Å². The number of hydrogen-bond donors (Lipinski definition) is 1. The molecule has 0 aliphatic rings. The van der Waals surface area contributed by atoms with Crippen LogP contribution in [0.3, 0.4) is 0 Å². The van der Waals surface area contributed by atoms with E-state index in [1.54, 1.807) is 0 Å². The third kappa shape index (κ3) is 5.36. The Morgan fingerprint density at radius 2 is 1.79 bits per heavy atom. The van der Waals surface area contributed by atoms with Crippen LogP contribution in [0, 0.1) is 10.1 Å². The van der Waals surface area contributed by atoms with Crippen molar-refractivity contribution in [3.05, 3.63) is 70.3 Å². The number of nitro benzene ring substituents is 1. The molecule has 2 aromatic carbocycles. The van der Waals surface area contributed by atoms with Crippen molar-refractivity contribution in [2.75, 3.05) is 6.61 Å². The summed E-state index contributed by atoms with van der Waals surface area (Å²) < 4.78 is 10.6. The molecule has 0 saturated heterocycles. The Morgan fingerprint density at radius 3 is 2.42 bits per heavy atom. The quantitative estimate of drug-likeness (QED) is 0.453. The van der Waals surface area contributed by atoms with Crippen LogP contribution < -0.4 is 10.5 Å². The Kier molecular flexibility index (Phi) is 6.27. The van der Waals surface area contributed by atoms with Gasteiger partial charge in [0.2, 0.25) is 0 Å². The largest absolute Gasteiger partial charge is 0.494 e. The Balaban J connectivity index is 1.71. The maximum Gasteiger partial charge on any atom is 0.323 e. The fraction of sp³-hybridized carbons (Fsp3) is 0.235. The van der Waals surface area contributed by atoms with Crippen LogP contribution in [0.2, 0.25) is 0 Å². The Morgan fingerprint density at radius 1 is 1.12 bits per heavy atom. The predicted octanol–water partition coefficient (Wildman–Crippen LogP) is 2.43. The molecule has 0 unspecified atom stereocenters. The van der Waals surface area contributed by atoms with E-state index in [9.17, 15) is 14.9 Å². The molecule has 0 aliphatic heterocycles. The van der Waals surface area contributed by atoms with E-state index < -0.39 is 16.9 Å². The van der Waals surface area contributed by atoms with Crippen molar-refractivity contribution in [3.8, 4) is 5.75 Å². The van der Waals surface area contributed by atoms with E-state index >= 15 is 0 Å². The van der Waals surface area contributed by atoms with Crippen LogP contribution in [0.25, 0.3) is 0 Å². The SMILES string of the molecule is N[C@@H](CCOc1ccc([N+](=O)[O-])cc1)C(=O)OCc1ccccc1. The first-order chi connectivity index (χ1) is 11.6. The lowest BCUT2D eigenvalue weighted by atomic mass is 10.2. The molecule has 2 aromatic rings. The highest BCUT2D eigenvalue weighted by Crippen LogP contribution is 2.17. The summed E-state index contributed by atoms with van der Waals surface area (Å²) in [5.41, 5.74) is 6.64. The number of carbonyl (C=O) groups is 1. The second-order valence-electron chi connectivity index (χ2n) is 5.09. The lowest BCUT2D eigenvalue weighted by molar-refractivity contribution is -0.384. The fourth-order valence-corrected chi connectivity index (χ4v) is 1.92. The molecule has 0 bridgehead atoms. The van der Waals surface area contributed by atoms with Crippen molar-refractivity contribution in [3.63, 3.8) is 0 Å². The fourth-order valence-electron chi connectivity index (χ4n) is 1.92. The van der Waals surface area contributed by atoms with Crippen molar-refractivity contribution >= 4 is 11.7 Å². The van der Waals surface area contributed by atoms with E-state index in [4.69, 9.17) is 15.2 Å². The number of nitro groups is 1. The molecular weight excluding hydrogens is 312 g/mol. The van der Waals surface area contributed by atoms with E-state index in [0.29, 0.717) is 5.75 Å². The van der Waals surface area contributed by atoms with E-state index in [0.717, 1.165) is 5.56 Å². The van der Waals surface area contributed by atoms with Crippen LogP contribution in [0.15, 0.2) is 54.6 Å². The first kappa shape index (κ1) is 17.4. The third-order valence-corrected chi connectivity index (χ3v) is 3.27. The van der Waals surface area contributed by atoms with Crippen molar-refractivity contribution in [2.45, 2.75) is 19.1 Å². The Labute approximate surface area is 139 Å². The topological polar surface area (TPSA) is 105 Å². The van der Waals surface area contributed by atoms with Crippen molar-refractivity contribution in [2.24, 2.45) is 5.73 Å². The Bertz CT molecular complexity index is 673. The maximum atomic E-state index is 11.8. The smallest absolute Gasteiger partial charge is 0.323 e. The molecule has 0 fully saturated rings. The first-order valence-corrected chi connectivity index (χ1v) is 7.39. The predicted molar refractivity (Wildman–Crippen MR) is 87.4 cm³/mol. The number of ether oxygens (including phenoxy) is 2. The molecule has 0 radical (unpaired) electrons. The lowest BCUT2D eigenvalue weighted by Crippen LogP contribution is -2.33. The zero-order valence-electron chi connectivity index (χ0n) is 13.0. The highest BCUT2D eigenvalue weighted by Gasteiger charge is 2.15. The van der Waals surface area contributed by atoms with Gasteiger partial charge in [0.25, 0.3) is 5.69 Å². The van der Waals surface area contributed by atoms with Gasteiger partial charge in [-0.05, 0) is 17.7 Å². The van der Waals surface area contributed by atoms with Crippen LogP contribution >= 0.6 is 0 Å². The molecule has 126 valence electrons. The number of benzene rings is 2. The van der Waals surface area contributed by atoms with Gasteiger partial charge in [0.15, 0.2) is 0 Å². The van der Waals surface area contributed by atoms with Gasteiger partial charge in [-0.1, -0.05) is 30.3 Å². The van der Waals surface area contributed by atoms with Gasteiger partial charge in [0, 0.05) is 18.6 Å². The summed E-state index contributed by atoms with van der Waals surface area (Å²) in [6.07, 6.45) is 0.282. The number of rotatable bonds is 8. The van der Waals surface area contributed by atoms with Crippen LogP contribution in [0.4, 0.5) is 5.69 Å². The summed E-state index contributed by atoms with van der Waals surface area (Å²) in [5, 5.41) is 10.6. The van der Waals surface area contributed by atoms with Crippen LogP contribution in [0.5, 0.6) is 5.75 Å². The van der Waals surface area contributed by atoms with Gasteiger partial charge in [-0.15, -0.1) is 0 Å². The van der Waals surface area contributed by atoms with Gasteiger partial charge in [-0.25, -0.2) is 0 Å². The minimum atomic E-state index is -0.785. The van der Waals surface area contributed by atoms with E-state index in [1.807, 2.05) is 30.3 Å². The molecule has 2 N–H and O–H groups in total. The molecule has 24 heavy (non-hydrogen) atoms. The normalized spacial score (nSPS) is 11.5. The first-order valence-electron chi connectivity index (χ1n) is 7.39. The monoisotopic (exact) mass is 330 g/mol. The number of carbonyl (C=O) groups excluding carboxylic acids is 1. The molecule has 0 spiro atoms. The van der Waals surface area contributed by atoms with Gasteiger partial charge < -0.3 is 15.2 Å². The van der Waals surface area contributed by atoms with Gasteiger partial charge in [-0.2, -0.15) is 0 Å². The second-order valence-corrected chi connectivity index (χ2v) is 5.09. The summed E-state index contributed by atoms with van der Waals surface area (Å²) in [4.78, 5) is 21.9. The molecule has 0 saturated carbocycles. The van der Waals surface area contributed by atoms with Crippen LogP contribution in [-0.4, -0.2) is 23.5 Å². The molecule has 0 heterocycles. The maximum absolute atomic E-state index is 11.8. The molecule has 2 rings (SSSR count). The van der Waals surface area contributed by atoms with Crippen molar-refractivity contribution in [1.29, 1.82) is 0 Å². The molecule has 1 atom stereocenters. The summed E-state index contributed by atoms with van der Waals surface area (Å²) in [6.45, 7) is 0.385. The lowest BCUT2D eigenvalue weighted by Gasteiger charge is -2.12. The standard InChI is InChI=1S/C17H18N2O5/c18-16(17(20)24-12-13-4-2-1-3-5-13)10-11-23-15-8-6-14(7-9-15)19(21)22/h1-9,16H,10-12,18H2/t16-/m0/s1. The van der Waals surface area contributed by atoms with E-state index in [1.165, 1.54) is 24.3 Å². The number of nitrogens with two attached hydrogens (primary N) is 1.